The minimum absolute atomic E-state index is 0.0302. The lowest BCUT2D eigenvalue weighted by Gasteiger charge is -2.22. The van der Waals surface area contributed by atoms with Crippen molar-refractivity contribution >= 4 is 11.9 Å². The molecule has 0 N–H and O–H groups in total. The van der Waals surface area contributed by atoms with E-state index in [1.165, 1.54) is 0 Å². The average molecular weight is 375 g/mol. The molecule has 0 radical (unpaired) electrons. The number of hydrogen-bond donors (Lipinski definition) is 0. The van der Waals surface area contributed by atoms with Crippen LogP contribution >= 0.6 is 0 Å². The number of hydrogen-bond acceptors (Lipinski definition) is 4. The number of carbonyl (C=O) groups excluding carboxylic acids is 2. The van der Waals surface area contributed by atoms with Gasteiger partial charge in [-0.15, -0.1) is 0 Å². The summed E-state index contributed by atoms with van der Waals surface area (Å²) in [6.45, 7) is 1.20. The van der Waals surface area contributed by atoms with Crippen molar-refractivity contribution < 1.29 is 19.1 Å². The fraction of sp³-hybridized carbons (Fsp3) is 0.304. The number of rotatable bonds is 5. The van der Waals surface area contributed by atoms with Gasteiger partial charge in [0.15, 0.2) is 0 Å². The molecule has 0 saturated carbocycles. The smallest absolute Gasteiger partial charge is 0.313 e. The second kappa shape index (κ2) is 6.60. The number of nitrogens with zero attached hydrogens (tertiary/aromatic N) is 1. The minimum atomic E-state index is -0.701. The molecule has 4 atom stereocenters. The molecule has 3 aliphatic rings. The maximum atomic E-state index is 13.2. The Labute approximate surface area is 163 Å². The van der Waals surface area contributed by atoms with Gasteiger partial charge in [0.1, 0.15) is 18.1 Å². The highest BCUT2D eigenvalue weighted by Gasteiger charge is 2.67. The molecular weight excluding hydrogens is 354 g/mol. The molecule has 2 saturated heterocycles. The van der Waals surface area contributed by atoms with Crippen LogP contribution in [0.1, 0.15) is 11.1 Å². The van der Waals surface area contributed by atoms with Crippen molar-refractivity contribution in [3.63, 3.8) is 0 Å². The topological polar surface area (TPSA) is 55.8 Å². The Hall–Kier alpha value is -2.92. The first kappa shape index (κ1) is 17.2. The summed E-state index contributed by atoms with van der Waals surface area (Å²) in [5.41, 5.74) is 1.29. The molecule has 5 nitrogen and oxygen atoms in total. The van der Waals surface area contributed by atoms with E-state index in [-0.39, 0.29) is 24.6 Å². The fourth-order valence-electron chi connectivity index (χ4n) is 4.61. The van der Waals surface area contributed by atoms with E-state index in [4.69, 9.17) is 9.47 Å². The van der Waals surface area contributed by atoms with Gasteiger partial charge in [-0.25, -0.2) is 0 Å². The highest BCUT2D eigenvalue weighted by molar-refractivity contribution is 5.91. The Morgan fingerprint density at radius 2 is 1.75 bits per heavy atom. The SMILES string of the molecule is O=C(OCc1ccccc1)[C@H]1[C@H]2C(=O)N(Cc3ccccc3)C[C@]23C=C[C@H]1O3. The average Bonchev–Trinajstić information content (AvgIpc) is 3.36. The lowest BCUT2D eigenvalue weighted by atomic mass is 9.77. The van der Waals surface area contributed by atoms with Crippen LogP contribution in [0.5, 0.6) is 0 Å². The first-order valence-corrected chi connectivity index (χ1v) is 9.57. The van der Waals surface area contributed by atoms with E-state index in [1.807, 2.05) is 72.8 Å². The summed E-state index contributed by atoms with van der Waals surface area (Å²) in [6.07, 6.45) is 3.49. The van der Waals surface area contributed by atoms with Crippen LogP contribution in [0, 0.1) is 11.8 Å². The quantitative estimate of drug-likeness (QED) is 0.596. The van der Waals surface area contributed by atoms with Gasteiger partial charge in [0.2, 0.25) is 5.91 Å². The van der Waals surface area contributed by atoms with Crippen LogP contribution in [-0.4, -0.2) is 35.0 Å². The second-order valence-electron chi connectivity index (χ2n) is 7.67. The molecule has 2 aromatic carbocycles. The van der Waals surface area contributed by atoms with Crippen LogP contribution in [0.25, 0.3) is 0 Å². The molecule has 1 amide bonds. The van der Waals surface area contributed by atoms with Gasteiger partial charge in [-0.2, -0.15) is 0 Å². The highest BCUT2D eigenvalue weighted by Crippen LogP contribution is 2.52. The zero-order chi connectivity index (χ0) is 19.1. The van der Waals surface area contributed by atoms with Crippen LogP contribution in [0.15, 0.2) is 72.8 Å². The predicted molar refractivity (Wildman–Crippen MR) is 102 cm³/mol. The third kappa shape index (κ3) is 2.74. The summed E-state index contributed by atoms with van der Waals surface area (Å²) in [5, 5.41) is 0. The Balaban J connectivity index is 1.33. The monoisotopic (exact) mass is 375 g/mol. The first-order chi connectivity index (χ1) is 13.7. The van der Waals surface area contributed by atoms with Crippen LogP contribution in [0.4, 0.5) is 0 Å². The van der Waals surface area contributed by atoms with Gasteiger partial charge in [-0.05, 0) is 11.1 Å². The number of esters is 1. The van der Waals surface area contributed by atoms with Crippen molar-refractivity contribution in [1.82, 2.24) is 4.90 Å². The number of carbonyl (C=O) groups is 2. The van der Waals surface area contributed by atoms with Crippen molar-refractivity contribution in [2.45, 2.75) is 24.9 Å². The van der Waals surface area contributed by atoms with Crippen molar-refractivity contribution in [2.75, 3.05) is 6.54 Å². The van der Waals surface area contributed by atoms with Gasteiger partial charge in [0.05, 0.1) is 18.6 Å². The lowest BCUT2D eigenvalue weighted by Crippen LogP contribution is -2.39. The molecule has 3 aliphatic heterocycles. The van der Waals surface area contributed by atoms with E-state index in [0.29, 0.717) is 13.1 Å². The zero-order valence-electron chi connectivity index (χ0n) is 15.4. The first-order valence-electron chi connectivity index (χ1n) is 9.57. The molecule has 2 bridgehead atoms. The molecule has 5 rings (SSSR count). The standard InChI is InChI=1S/C23H21NO4/c25-21-20-19(22(26)27-14-17-9-5-2-6-10-17)18-11-12-23(20,28-18)15-24(21)13-16-7-3-1-4-8-16/h1-12,18-20H,13-15H2/t18-,19-,20+,23-/m1/s1. The van der Waals surface area contributed by atoms with Crippen LogP contribution in [0.3, 0.4) is 0 Å². The van der Waals surface area contributed by atoms with E-state index in [0.717, 1.165) is 11.1 Å². The summed E-state index contributed by atoms with van der Waals surface area (Å²) in [4.78, 5) is 27.8. The molecule has 2 fully saturated rings. The Morgan fingerprint density at radius 3 is 2.46 bits per heavy atom. The largest absolute Gasteiger partial charge is 0.460 e. The van der Waals surface area contributed by atoms with Crippen LogP contribution in [0.2, 0.25) is 0 Å². The normalized spacial score (nSPS) is 29.9. The van der Waals surface area contributed by atoms with Crippen molar-refractivity contribution in [3.8, 4) is 0 Å². The molecule has 3 heterocycles. The Bertz CT molecular complexity index is 926. The van der Waals surface area contributed by atoms with Crippen molar-refractivity contribution in [2.24, 2.45) is 11.8 Å². The van der Waals surface area contributed by atoms with E-state index in [2.05, 4.69) is 0 Å². The molecule has 5 heteroatoms. The van der Waals surface area contributed by atoms with Gasteiger partial charge >= 0.3 is 5.97 Å². The maximum absolute atomic E-state index is 13.2. The predicted octanol–water partition coefficient (Wildman–Crippen LogP) is 2.71. The second-order valence-corrected chi connectivity index (χ2v) is 7.67. The number of benzene rings is 2. The lowest BCUT2D eigenvalue weighted by molar-refractivity contribution is -0.155. The van der Waals surface area contributed by atoms with E-state index in [1.54, 1.807) is 4.90 Å². The minimum Gasteiger partial charge on any atom is -0.460 e. The van der Waals surface area contributed by atoms with Crippen LogP contribution in [-0.2, 0) is 32.2 Å². The zero-order valence-corrected chi connectivity index (χ0v) is 15.4. The van der Waals surface area contributed by atoms with Gasteiger partial charge in [0, 0.05) is 6.54 Å². The number of fused-ring (bicyclic) bond motifs is 1. The molecular formula is C23H21NO4. The van der Waals surface area contributed by atoms with Gasteiger partial charge in [0.25, 0.3) is 0 Å². The molecule has 28 heavy (non-hydrogen) atoms. The number of likely N-dealkylation sites (tertiary alicyclic amines) is 1. The summed E-state index contributed by atoms with van der Waals surface area (Å²) in [7, 11) is 0. The van der Waals surface area contributed by atoms with Gasteiger partial charge < -0.3 is 14.4 Å². The molecule has 0 aromatic heterocycles. The van der Waals surface area contributed by atoms with Crippen molar-refractivity contribution in [3.05, 3.63) is 83.9 Å². The summed E-state index contributed by atoms with van der Waals surface area (Å²) in [6, 6.07) is 19.4. The number of ether oxygens (including phenoxy) is 2. The Morgan fingerprint density at radius 1 is 1.07 bits per heavy atom. The van der Waals surface area contributed by atoms with E-state index < -0.39 is 17.4 Å². The van der Waals surface area contributed by atoms with E-state index >= 15 is 0 Å². The molecule has 1 spiro atoms. The molecule has 142 valence electrons. The van der Waals surface area contributed by atoms with E-state index in [9.17, 15) is 9.59 Å². The third-order valence-electron chi connectivity index (χ3n) is 5.89. The highest BCUT2D eigenvalue weighted by atomic mass is 16.6. The summed E-state index contributed by atoms with van der Waals surface area (Å²) in [5.74, 6) is -1.48. The third-order valence-corrected chi connectivity index (χ3v) is 5.89. The molecule has 0 aliphatic carbocycles. The summed E-state index contributed by atoms with van der Waals surface area (Å²) >= 11 is 0. The van der Waals surface area contributed by atoms with Gasteiger partial charge in [-0.1, -0.05) is 72.8 Å². The molecule has 0 unspecified atom stereocenters. The maximum Gasteiger partial charge on any atom is 0.313 e. The number of amides is 1. The summed E-state index contributed by atoms with van der Waals surface area (Å²) < 4.78 is 11.7. The van der Waals surface area contributed by atoms with Gasteiger partial charge in [-0.3, -0.25) is 9.59 Å². The fourth-order valence-corrected chi connectivity index (χ4v) is 4.61. The van der Waals surface area contributed by atoms with Crippen molar-refractivity contribution in [1.29, 1.82) is 0 Å². The van der Waals surface area contributed by atoms with Crippen LogP contribution < -0.4 is 0 Å². The molecule has 2 aromatic rings. The Kier molecular flexibility index (Phi) is 4.05.